The summed E-state index contributed by atoms with van der Waals surface area (Å²) < 4.78 is 33.5. The number of aliphatic hydroxyl groups is 1. The van der Waals surface area contributed by atoms with E-state index in [0.717, 1.165) is 16.6 Å². The smallest absolute Gasteiger partial charge is 0.338 e. The highest BCUT2D eigenvalue weighted by atomic mass is 127. The van der Waals surface area contributed by atoms with Gasteiger partial charge in [0, 0.05) is 47.8 Å². The van der Waals surface area contributed by atoms with Gasteiger partial charge in [-0.1, -0.05) is 62.4 Å². The van der Waals surface area contributed by atoms with Crippen LogP contribution < -0.4 is 36.4 Å². The lowest BCUT2D eigenvalue weighted by atomic mass is 9.57. The molecule has 1 spiro atoms. The number of esters is 3. The van der Waals surface area contributed by atoms with Crippen LogP contribution in [0.4, 0.5) is 0 Å². The molecule has 3 aliphatic carbocycles. The summed E-state index contributed by atoms with van der Waals surface area (Å²) in [5.41, 5.74) is 2.14. The monoisotopic (exact) mass is 920 g/mol. The number of allylic oxidation sites excluding steroid dienone is 3. The fourth-order valence-electron chi connectivity index (χ4n) is 11.0. The molecule has 1 aromatic rings. The average Bonchev–Trinajstić information content (AvgIpc) is 3.78. The van der Waals surface area contributed by atoms with Crippen LogP contribution in [0.1, 0.15) is 56.5 Å². The number of piperazine rings is 3. The molecule has 1 aromatic carbocycles. The first-order chi connectivity index (χ1) is 26.3. The number of nitrogens with zero attached hydrogens (tertiary/aromatic N) is 2. The lowest BCUT2D eigenvalue weighted by Crippen LogP contribution is -3.00. The maximum absolute atomic E-state index is 13.9. The largest absolute Gasteiger partial charge is 1.00 e. The zero-order valence-corrected chi connectivity index (χ0v) is 36.8. The Kier molecular flexibility index (Phi) is 13.0. The lowest BCUT2D eigenvalue weighted by Gasteiger charge is -2.54. The minimum Gasteiger partial charge on any atom is -1.00 e. The van der Waals surface area contributed by atoms with Gasteiger partial charge in [0.25, 0.3) is 0 Å². The Bertz CT molecular complexity index is 1810. The van der Waals surface area contributed by atoms with Gasteiger partial charge in [-0.25, -0.2) is 14.4 Å². The number of quaternary nitrogens is 2. The van der Waals surface area contributed by atoms with E-state index >= 15 is 0 Å². The molecule has 0 radical (unpaired) electrons. The van der Waals surface area contributed by atoms with Crippen molar-refractivity contribution >= 4 is 17.9 Å². The minimum atomic E-state index is -0.992. The van der Waals surface area contributed by atoms with Gasteiger partial charge in [-0.3, -0.25) is 0 Å². The van der Waals surface area contributed by atoms with E-state index in [2.05, 4.69) is 19.2 Å². The first-order valence-corrected chi connectivity index (χ1v) is 20.3. The maximum Gasteiger partial charge on any atom is 0.338 e. The van der Waals surface area contributed by atoms with E-state index in [1.165, 1.54) is 56.4 Å². The molecule has 5 fully saturated rings. The molecule has 1 saturated carbocycles. The first-order valence-electron chi connectivity index (χ1n) is 20.3. The van der Waals surface area contributed by atoms with Crippen molar-refractivity contribution in [3.8, 4) is 0 Å². The molecule has 5 heterocycles. The number of likely N-dealkylation sites (N-methyl/N-ethyl adjacent to an activating group) is 1. The predicted octanol–water partition coefficient (Wildman–Crippen LogP) is -1.69. The van der Waals surface area contributed by atoms with Gasteiger partial charge >= 0.3 is 17.9 Å². The highest BCUT2D eigenvalue weighted by Gasteiger charge is 2.69. The molecule has 0 aromatic heterocycles. The number of methoxy groups -OCH3 is 1. The first kappa shape index (κ1) is 44.0. The summed E-state index contributed by atoms with van der Waals surface area (Å²) in [6.45, 7) is 15.8. The summed E-state index contributed by atoms with van der Waals surface area (Å²) in [4.78, 5) is 40.6. The van der Waals surface area contributed by atoms with E-state index in [4.69, 9.17) is 23.7 Å². The Hall–Kier alpha value is -2.59. The second-order valence-electron chi connectivity index (χ2n) is 17.9. The van der Waals surface area contributed by atoms with Crippen LogP contribution >= 0.6 is 0 Å². The quantitative estimate of drug-likeness (QED) is 0.107. The summed E-state index contributed by atoms with van der Waals surface area (Å²) in [7, 11) is 3.85. The third-order valence-corrected chi connectivity index (χ3v) is 14.5. The summed E-state index contributed by atoms with van der Waals surface area (Å²) in [6, 6.07) is 7.75. The SMILES string of the molecule is CO[C@H]1CC2C=C[C@H]3[C@H]4O[C@]2(/C(C)=C/[C@@H](C)[C@@H]([C@@H](C)OC(=O)c2ccc(C[N+]56CC[N+](C)(CC5)CC6)cc2)OC1=O)[C@@H]3[C@H](O)[C@@H](C)[C@H]4OC(=O)C1=CC=CC1.[Cl-].[I-]. The Morgan fingerprint density at radius 1 is 1.04 bits per heavy atom. The number of rotatable bonds is 8. The average molecular weight is 921 g/mol. The Balaban J connectivity index is 0.00000275. The summed E-state index contributed by atoms with van der Waals surface area (Å²) in [6.07, 6.45) is 7.91. The van der Waals surface area contributed by atoms with E-state index in [0.29, 0.717) is 17.6 Å². The van der Waals surface area contributed by atoms with E-state index in [1.807, 2.05) is 63.3 Å². The maximum atomic E-state index is 13.9. The molecule has 57 heavy (non-hydrogen) atoms. The molecule has 6 bridgehead atoms. The Labute approximate surface area is 360 Å². The number of fused-ring (bicyclic) bond motifs is 3. The summed E-state index contributed by atoms with van der Waals surface area (Å²) >= 11 is 0. The van der Waals surface area contributed by atoms with Gasteiger partial charge in [-0.05, 0) is 44.4 Å². The van der Waals surface area contributed by atoms with Crippen LogP contribution in [0, 0.1) is 29.6 Å². The standard InChI is InChI=1S/C44H58N2O9.ClH.HI/c1-26-23-27(2)44-33(15-16-34-36(44)37(47)28(3)39(40(34)55-44)54-42(49)31-9-7-8-10-31)24-35(51-6)43(50)53-38(26)29(4)52-41(48)32-13-11-30(12-14-32)25-46-20-17-45(5,18-21-46)19-22-46;;/h7-9,11-16,23,26,28-29,33-40,47H,10,17-22,24-25H2,1-6H3;2*1H/q+2;;/p-2/b27-23+;;/t26-,28-,29-,33?,34-,35+,36+,37-,38+,39-,40-,44+,45?,46?;;/m1../s1. The van der Waals surface area contributed by atoms with Crippen molar-refractivity contribution in [2.45, 2.75) is 89.3 Å². The van der Waals surface area contributed by atoms with E-state index in [9.17, 15) is 19.5 Å². The van der Waals surface area contributed by atoms with Crippen LogP contribution in [-0.2, 0) is 39.8 Å². The third kappa shape index (κ3) is 7.81. The molecular formula is C44H58ClIN2O9. The molecule has 12 atom stereocenters. The number of benzene rings is 1. The molecule has 1 N–H and O–H groups in total. The molecule has 4 saturated heterocycles. The third-order valence-electron chi connectivity index (χ3n) is 14.5. The number of cyclic esters (lactones) is 1. The summed E-state index contributed by atoms with van der Waals surface area (Å²) in [5, 5.41) is 12.0. The van der Waals surface area contributed by atoms with Crippen molar-refractivity contribution in [2.24, 2.45) is 29.6 Å². The molecule has 312 valence electrons. The van der Waals surface area contributed by atoms with Crippen molar-refractivity contribution in [3.05, 3.63) is 83.0 Å². The van der Waals surface area contributed by atoms with Crippen molar-refractivity contribution < 1.29 is 88.5 Å². The molecule has 1 unspecified atom stereocenters. The number of carbonyl (C=O) groups excluding carboxylic acids is 3. The van der Waals surface area contributed by atoms with Gasteiger partial charge in [0.2, 0.25) is 0 Å². The number of carbonyl (C=O) groups is 3. The van der Waals surface area contributed by atoms with Crippen molar-refractivity contribution in [2.75, 3.05) is 53.4 Å². The molecule has 11 nitrogen and oxygen atoms in total. The molecular weight excluding hydrogens is 863 g/mol. The van der Waals surface area contributed by atoms with Crippen LogP contribution in [0.3, 0.4) is 0 Å². The van der Waals surface area contributed by atoms with Crippen LogP contribution in [0.5, 0.6) is 0 Å². The lowest BCUT2D eigenvalue weighted by molar-refractivity contribution is -1.08. The van der Waals surface area contributed by atoms with Crippen LogP contribution in [-0.4, -0.2) is 128 Å². The number of halogens is 2. The van der Waals surface area contributed by atoms with Crippen LogP contribution in [0.2, 0.25) is 0 Å². The number of hydrogen-bond acceptors (Lipinski definition) is 9. The molecule has 0 amide bonds. The number of aliphatic hydroxyl groups excluding tert-OH is 1. The van der Waals surface area contributed by atoms with Gasteiger partial charge in [0.15, 0.2) is 6.10 Å². The van der Waals surface area contributed by atoms with Crippen LogP contribution in [0.25, 0.3) is 0 Å². The molecule has 9 rings (SSSR count). The number of hydrogen-bond donors (Lipinski definition) is 1. The second kappa shape index (κ2) is 16.8. The predicted molar refractivity (Wildman–Crippen MR) is 203 cm³/mol. The topological polar surface area (TPSA) is 118 Å². The van der Waals surface area contributed by atoms with Gasteiger partial charge in [0.05, 0.1) is 18.7 Å². The second-order valence-corrected chi connectivity index (χ2v) is 17.9. The highest BCUT2D eigenvalue weighted by Crippen LogP contribution is 2.61. The minimum absolute atomic E-state index is 0. The Morgan fingerprint density at radius 3 is 2.35 bits per heavy atom. The zero-order valence-electron chi connectivity index (χ0n) is 33.9. The highest BCUT2D eigenvalue weighted by molar-refractivity contribution is 5.90. The fraction of sp³-hybridized carbons (Fsp3) is 0.614. The van der Waals surface area contributed by atoms with Gasteiger partial charge in [-0.2, -0.15) is 0 Å². The normalized spacial score (nSPS) is 41.6. The van der Waals surface area contributed by atoms with E-state index < -0.39 is 66.1 Å². The zero-order chi connectivity index (χ0) is 38.9. The molecule has 13 heteroatoms. The Morgan fingerprint density at radius 2 is 1.72 bits per heavy atom. The van der Waals surface area contributed by atoms with Crippen LogP contribution in [0.15, 0.2) is 71.9 Å². The van der Waals surface area contributed by atoms with E-state index in [1.54, 1.807) is 13.0 Å². The van der Waals surface area contributed by atoms with Crippen molar-refractivity contribution in [1.82, 2.24) is 0 Å². The molecule has 8 aliphatic rings. The number of ether oxygens (including phenoxy) is 5. The van der Waals surface area contributed by atoms with Crippen molar-refractivity contribution in [1.29, 1.82) is 0 Å². The van der Waals surface area contributed by atoms with E-state index in [-0.39, 0.29) is 66.5 Å². The van der Waals surface area contributed by atoms with Crippen molar-refractivity contribution in [3.63, 3.8) is 0 Å². The molecule has 5 aliphatic heterocycles. The van der Waals surface area contributed by atoms with Gasteiger partial charge < -0.3 is 74.1 Å². The van der Waals surface area contributed by atoms with Gasteiger partial charge in [-0.15, -0.1) is 0 Å². The fourth-order valence-corrected chi connectivity index (χ4v) is 11.0. The van der Waals surface area contributed by atoms with Gasteiger partial charge in [0.1, 0.15) is 75.8 Å². The summed E-state index contributed by atoms with van der Waals surface area (Å²) in [5.74, 6) is -3.08.